The van der Waals surface area contributed by atoms with E-state index in [1.807, 2.05) is 59.9 Å². The number of benzene rings is 1. The summed E-state index contributed by atoms with van der Waals surface area (Å²) in [5.74, 6) is 2.01. The van der Waals surface area contributed by atoms with Gasteiger partial charge >= 0.3 is 0 Å². The first-order valence-electron chi connectivity index (χ1n) is 8.53. The minimum atomic E-state index is 0.110. The van der Waals surface area contributed by atoms with Crippen LogP contribution in [0.25, 0.3) is 11.4 Å². The maximum Gasteiger partial charge on any atom is 0.129 e. The van der Waals surface area contributed by atoms with Crippen LogP contribution in [-0.2, 0) is 7.05 Å². The Morgan fingerprint density at radius 3 is 2.96 bits per heavy atom. The van der Waals surface area contributed by atoms with Gasteiger partial charge in [-0.2, -0.15) is 10.4 Å². The smallest absolute Gasteiger partial charge is 0.129 e. The third kappa shape index (κ3) is 2.85. The highest BCUT2D eigenvalue weighted by molar-refractivity contribution is 7.99. The Hall–Kier alpha value is -2.78. The summed E-state index contributed by atoms with van der Waals surface area (Å²) in [6.45, 7) is 2.98. The van der Waals surface area contributed by atoms with Crippen molar-refractivity contribution >= 4 is 17.6 Å². The van der Waals surface area contributed by atoms with Gasteiger partial charge in [0.2, 0.25) is 0 Å². The molecule has 1 aromatic carbocycles. The van der Waals surface area contributed by atoms with E-state index in [1.54, 1.807) is 6.20 Å². The van der Waals surface area contributed by atoms with Crippen LogP contribution >= 0.6 is 11.8 Å². The average Bonchev–Trinajstić information content (AvgIpc) is 2.86. The minimum absolute atomic E-state index is 0.110. The molecule has 0 bridgehead atoms. The maximum absolute atomic E-state index is 9.34. The number of nitrogens with zero attached hydrogens (tertiary/aromatic N) is 4. The molecule has 1 unspecified atom stereocenters. The summed E-state index contributed by atoms with van der Waals surface area (Å²) in [5.41, 5.74) is 5.96. The number of nitrogens with one attached hydrogen (secondary N) is 1. The van der Waals surface area contributed by atoms with E-state index in [9.17, 15) is 5.26 Å². The molecule has 3 aromatic rings. The van der Waals surface area contributed by atoms with Gasteiger partial charge in [0, 0.05) is 31.1 Å². The average molecular weight is 361 g/mol. The zero-order valence-corrected chi connectivity index (χ0v) is 15.5. The second-order valence-electron chi connectivity index (χ2n) is 6.31. The number of nitriles is 1. The van der Waals surface area contributed by atoms with Crippen LogP contribution in [0.5, 0.6) is 0 Å². The van der Waals surface area contributed by atoms with Crippen molar-refractivity contribution < 1.29 is 0 Å². The summed E-state index contributed by atoms with van der Waals surface area (Å²) in [7, 11) is 1.96. The lowest BCUT2D eigenvalue weighted by Crippen LogP contribution is -2.06. The zero-order valence-electron chi connectivity index (χ0n) is 14.7. The van der Waals surface area contributed by atoms with Crippen LogP contribution in [0.2, 0.25) is 0 Å². The fourth-order valence-electron chi connectivity index (χ4n) is 3.36. The fraction of sp³-hybridized carbons (Fsp3) is 0.250. The number of pyridine rings is 1. The van der Waals surface area contributed by atoms with Crippen LogP contribution < -0.4 is 5.32 Å². The molecule has 6 heteroatoms. The van der Waals surface area contributed by atoms with E-state index in [4.69, 9.17) is 5.10 Å². The van der Waals surface area contributed by atoms with Crippen molar-refractivity contribution in [2.75, 3.05) is 17.6 Å². The van der Waals surface area contributed by atoms with E-state index < -0.39 is 0 Å². The molecule has 0 spiro atoms. The molecule has 5 nitrogen and oxygen atoms in total. The Balaban J connectivity index is 1.94. The van der Waals surface area contributed by atoms with Crippen molar-refractivity contribution in [3.63, 3.8) is 0 Å². The molecule has 2 aromatic heterocycles. The number of fused-ring (bicyclic) bond motifs is 1. The number of hydrogen-bond acceptors (Lipinski definition) is 5. The predicted octanol–water partition coefficient (Wildman–Crippen LogP) is 3.91. The van der Waals surface area contributed by atoms with E-state index in [2.05, 4.69) is 23.3 Å². The second-order valence-corrected chi connectivity index (χ2v) is 7.52. The van der Waals surface area contributed by atoms with Gasteiger partial charge in [-0.1, -0.05) is 12.1 Å². The first-order chi connectivity index (χ1) is 12.7. The lowest BCUT2D eigenvalue weighted by molar-refractivity contribution is 0.773. The van der Waals surface area contributed by atoms with Crippen LogP contribution in [0.1, 0.15) is 27.5 Å². The maximum atomic E-state index is 9.34. The van der Waals surface area contributed by atoms with Crippen LogP contribution in [0.15, 0.2) is 42.6 Å². The molecule has 0 saturated carbocycles. The topological polar surface area (TPSA) is 66.5 Å². The largest absolute Gasteiger partial charge is 0.369 e. The van der Waals surface area contributed by atoms with Crippen LogP contribution in [0, 0.1) is 18.3 Å². The third-order valence-electron chi connectivity index (χ3n) is 4.62. The number of aryl methyl sites for hydroxylation is 2. The molecule has 0 radical (unpaired) electrons. The number of rotatable bonds is 2. The normalized spacial score (nSPS) is 16.3. The SMILES string of the molecule is Cc1ccc(C#N)cc1C1SCCNc2c1c(-c1ccccn1)nn2C. The van der Waals surface area contributed by atoms with Crippen molar-refractivity contribution in [2.45, 2.75) is 12.2 Å². The molecular formula is C20H19N5S. The molecule has 26 heavy (non-hydrogen) atoms. The summed E-state index contributed by atoms with van der Waals surface area (Å²) in [6.07, 6.45) is 1.80. The summed E-state index contributed by atoms with van der Waals surface area (Å²) < 4.78 is 1.90. The quantitative estimate of drug-likeness (QED) is 0.749. The van der Waals surface area contributed by atoms with Crippen molar-refractivity contribution in [1.29, 1.82) is 5.26 Å². The number of anilines is 1. The monoisotopic (exact) mass is 361 g/mol. The van der Waals surface area contributed by atoms with E-state index in [1.165, 1.54) is 11.1 Å². The standard InChI is InChI=1S/C20H19N5S/c1-13-6-7-14(12-21)11-15(13)19-17-18(16-5-3-4-8-22-16)24-25(2)20(17)23-9-10-26-19/h3-8,11,19,23H,9-10H2,1-2H3. The molecule has 1 atom stereocenters. The highest BCUT2D eigenvalue weighted by atomic mass is 32.2. The zero-order chi connectivity index (χ0) is 18.1. The van der Waals surface area contributed by atoms with E-state index in [0.29, 0.717) is 5.56 Å². The van der Waals surface area contributed by atoms with E-state index in [0.717, 1.165) is 35.1 Å². The van der Waals surface area contributed by atoms with Crippen molar-refractivity contribution in [3.8, 4) is 17.5 Å². The van der Waals surface area contributed by atoms with E-state index >= 15 is 0 Å². The van der Waals surface area contributed by atoms with Crippen molar-refractivity contribution in [2.24, 2.45) is 7.05 Å². The Morgan fingerprint density at radius 1 is 1.31 bits per heavy atom. The highest BCUT2D eigenvalue weighted by Crippen LogP contribution is 2.46. The fourth-order valence-corrected chi connectivity index (χ4v) is 4.64. The van der Waals surface area contributed by atoms with Crippen LogP contribution in [0.4, 0.5) is 5.82 Å². The molecule has 1 aliphatic rings. The summed E-state index contributed by atoms with van der Waals surface area (Å²) in [5, 5.41) is 17.7. The summed E-state index contributed by atoms with van der Waals surface area (Å²) in [6, 6.07) is 14.1. The minimum Gasteiger partial charge on any atom is -0.369 e. The van der Waals surface area contributed by atoms with Crippen LogP contribution in [0.3, 0.4) is 0 Å². The third-order valence-corrected chi connectivity index (χ3v) is 5.89. The lowest BCUT2D eigenvalue weighted by Gasteiger charge is -2.19. The van der Waals surface area contributed by atoms with Gasteiger partial charge in [-0.15, -0.1) is 11.8 Å². The summed E-state index contributed by atoms with van der Waals surface area (Å²) >= 11 is 1.88. The first-order valence-corrected chi connectivity index (χ1v) is 9.58. The van der Waals surface area contributed by atoms with Gasteiger partial charge < -0.3 is 5.32 Å². The Kier molecular flexibility index (Phi) is 4.39. The highest BCUT2D eigenvalue weighted by Gasteiger charge is 2.30. The molecule has 130 valence electrons. The Morgan fingerprint density at radius 2 is 2.19 bits per heavy atom. The summed E-state index contributed by atoms with van der Waals surface area (Å²) in [4.78, 5) is 4.52. The molecular weight excluding hydrogens is 342 g/mol. The molecule has 0 aliphatic carbocycles. The molecule has 0 fully saturated rings. The molecule has 0 amide bonds. The van der Waals surface area contributed by atoms with Crippen molar-refractivity contribution in [1.82, 2.24) is 14.8 Å². The Labute approximate surface area is 157 Å². The van der Waals surface area contributed by atoms with E-state index in [-0.39, 0.29) is 5.25 Å². The van der Waals surface area contributed by atoms with Crippen molar-refractivity contribution in [3.05, 3.63) is 64.8 Å². The Bertz CT molecular complexity index is 987. The molecule has 0 saturated heterocycles. The predicted molar refractivity (Wildman–Crippen MR) is 105 cm³/mol. The molecule has 4 rings (SSSR count). The molecule has 3 heterocycles. The lowest BCUT2D eigenvalue weighted by atomic mass is 9.96. The number of thioether (sulfide) groups is 1. The first kappa shape index (κ1) is 16.7. The van der Waals surface area contributed by atoms with Crippen LogP contribution in [-0.4, -0.2) is 27.1 Å². The molecule has 1 N–H and O–H groups in total. The number of hydrogen-bond donors (Lipinski definition) is 1. The van der Waals surface area contributed by atoms with Gasteiger partial charge in [-0.25, -0.2) is 0 Å². The number of aromatic nitrogens is 3. The van der Waals surface area contributed by atoms with Gasteiger partial charge in [0.1, 0.15) is 11.5 Å². The van der Waals surface area contributed by atoms with Gasteiger partial charge in [0.15, 0.2) is 0 Å². The van der Waals surface area contributed by atoms with Gasteiger partial charge in [-0.3, -0.25) is 9.67 Å². The second kappa shape index (κ2) is 6.85. The van der Waals surface area contributed by atoms with Gasteiger partial charge in [0.25, 0.3) is 0 Å². The van der Waals surface area contributed by atoms with Gasteiger partial charge in [-0.05, 0) is 42.3 Å². The molecule has 1 aliphatic heterocycles. The van der Waals surface area contributed by atoms with Gasteiger partial charge in [0.05, 0.1) is 22.6 Å².